The molecule has 1 aromatic carbocycles. The molecule has 1 heterocycles. The lowest BCUT2D eigenvalue weighted by Crippen LogP contribution is -2.08. The topological polar surface area (TPSA) is 55.2 Å². The number of aryl methyl sites for hydroxylation is 1. The van der Waals surface area contributed by atoms with Gasteiger partial charge < -0.3 is 9.84 Å². The number of nitrogens with zero attached hydrogens (tertiary/aromatic N) is 2. The van der Waals surface area contributed by atoms with E-state index in [9.17, 15) is 5.11 Å². The van der Waals surface area contributed by atoms with Crippen molar-refractivity contribution in [3.8, 4) is 17.4 Å². The van der Waals surface area contributed by atoms with E-state index >= 15 is 0 Å². The number of phenolic OH excluding ortho intramolecular Hbond substituents is 1. The Morgan fingerprint density at radius 2 is 1.78 bits per heavy atom. The molecule has 1 N–H and O–H groups in total. The molecule has 0 bridgehead atoms. The summed E-state index contributed by atoms with van der Waals surface area (Å²) in [4.78, 5) is 8.52. The predicted octanol–water partition coefficient (Wildman–Crippen LogP) is 2.85. The zero-order valence-corrected chi connectivity index (χ0v) is 9.97. The highest BCUT2D eigenvalue weighted by atomic mass is 16.5. The fourth-order valence-corrected chi connectivity index (χ4v) is 2.20. The molecule has 4 nitrogen and oxygen atoms in total. The number of aromatic hydroxyl groups is 1. The summed E-state index contributed by atoms with van der Waals surface area (Å²) in [5, 5.41) is 9.23. The highest BCUT2D eigenvalue weighted by molar-refractivity contribution is 5.37. The molecule has 0 fully saturated rings. The highest BCUT2D eigenvalue weighted by Gasteiger charge is 2.16. The van der Waals surface area contributed by atoms with Crippen LogP contribution < -0.4 is 4.74 Å². The third kappa shape index (κ3) is 2.14. The lowest BCUT2D eigenvalue weighted by molar-refractivity contribution is 0.442. The molecule has 0 saturated heterocycles. The fourth-order valence-electron chi connectivity index (χ4n) is 2.20. The van der Waals surface area contributed by atoms with Gasteiger partial charge in [-0.05, 0) is 49.9 Å². The molecule has 0 spiro atoms. The molecule has 1 aliphatic carbocycles. The maximum atomic E-state index is 9.23. The van der Waals surface area contributed by atoms with Crippen molar-refractivity contribution in [3.05, 3.63) is 41.9 Å². The van der Waals surface area contributed by atoms with Gasteiger partial charge in [0.25, 0.3) is 0 Å². The zero-order chi connectivity index (χ0) is 12.4. The van der Waals surface area contributed by atoms with Gasteiger partial charge in [-0.15, -0.1) is 0 Å². The minimum absolute atomic E-state index is 0.229. The number of ether oxygens (including phenoxy) is 1. The summed E-state index contributed by atoms with van der Waals surface area (Å²) in [7, 11) is 0. The number of fused-ring (bicyclic) bond motifs is 1. The first-order valence-electron chi connectivity index (χ1n) is 6.12. The Bertz CT molecular complexity index is 552. The Morgan fingerprint density at radius 3 is 2.61 bits per heavy atom. The molecule has 0 aliphatic heterocycles. The summed E-state index contributed by atoms with van der Waals surface area (Å²) in [5.41, 5.74) is 2.22. The average molecular weight is 242 g/mol. The van der Waals surface area contributed by atoms with E-state index in [0.29, 0.717) is 11.6 Å². The Kier molecular flexibility index (Phi) is 2.84. The monoisotopic (exact) mass is 242 g/mol. The van der Waals surface area contributed by atoms with Gasteiger partial charge in [-0.1, -0.05) is 0 Å². The van der Waals surface area contributed by atoms with E-state index in [0.717, 1.165) is 30.5 Å². The molecular weight excluding hydrogens is 228 g/mol. The van der Waals surface area contributed by atoms with E-state index in [1.165, 1.54) is 6.42 Å². The van der Waals surface area contributed by atoms with Crippen molar-refractivity contribution >= 4 is 0 Å². The third-order valence-corrected chi connectivity index (χ3v) is 3.14. The van der Waals surface area contributed by atoms with Crippen molar-refractivity contribution in [1.29, 1.82) is 0 Å². The van der Waals surface area contributed by atoms with Crippen LogP contribution in [0.15, 0.2) is 30.6 Å². The predicted molar refractivity (Wildman–Crippen MR) is 66.9 cm³/mol. The first-order chi connectivity index (χ1) is 8.83. The summed E-state index contributed by atoms with van der Waals surface area (Å²) >= 11 is 0. The fraction of sp³-hybridized carbons (Fsp3) is 0.286. The van der Waals surface area contributed by atoms with Gasteiger partial charge in [-0.25, -0.2) is 9.97 Å². The van der Waals surface area contributed by atoms with Gasteiger partial charge in [0.2, 0.25) is 5.88 Å². The van der Waals surface area contributed by atoms with Crippen LogP contribution in [-0.4, -0.2) is 15.1 Å². The van der Waals surface area contributed by atoms with E-state index in [2.05, 4.69) is 9.97 Å². The van der Waals surface area contributed by atoms with E-state index in [-0.39, 0.29) is 5.75 Å². The Labute approximate surface area is 105 Å². The van der Waals surface area contributed by atoms with Gasteiger partial charge in [0.1, 0.15) is 17.8 Å². The van der Waals surface area contributed by atoms with E-state index < -0.39 is 0 Å². The maximum Gasteiger partial charge on any atom is 0.225 e. The van der Waals surface area contributed by atoms with E-state index in [4.69, 9.17) is 4.74 Å². The molecule has 1 aromatic heterocycles. The molecule has 0 radical (unpaired) electrons. The van der Waals surface area contributed by atoms with Crippen molar-refractivity contribution < 1.29 is 9.84 Å². The van der Waals surface area contributed by atoms with Gasteiger partial charge in [0, 0.05) is 5.56 Å². The normalized spacial score (nSPS) is 14.0. The number of aromatic nitrogens is 2. The summed E-state index contributed by atoms with van der Waals surface area (Å²) in [6.07, 6.45) is 5.88. The maximum absolute atomic E-state index is 9.23. The largest absolute Gasteiger partial charge is 0.508 e. The molecular formula is C14H14N2O2. The van der Waals surface area contributed by atoms with Crippen LogP contribution in [-0.2, 0) is 12.8 Å². The van der Waals surface area contributed by atoms with Crippen LogP contribution in [0.25, 0.3) is 0 Å². The van der Waals surface area contributed by atoms with Gasteiger partial charge in [0.05, 0.1) is 5.69 Å². The first kappa shape index (κ1) is 11.0. The molecule has 1 aliphatic rings. The van der Waals surface area contributed by atoms with Crippen LogP contribution >= 0.6 is 0 Å². The van der Waals surface area contributed by atoms with Crippen LogP contribution in [0.2, 0.25) is 0 Å². The Balaban J connectivity index is 1.90. The molecule has 3 rings (SSSR count). The zero-order valence-electron chi connectivity index (χ0n) is 9.97. The van der Waals surface area contributed by atoms with Crippen molar-refractivity contribution in [3.63, 3.8) is 0 Å². The lowest BCUT2D eigenvalue weighted by atomic mass is 9.97. The molecule has 4 heteroatoms. The second-order valence-electron chi connectivity index (χ2n) is 4.41. The number of phenols is 1. The van der Waals surface area contributed by atoms with Crippen molar-refractivity contribution in [2.24, 2.45) is 0 Å². The van der Waals surface area contributed by atoms with Crippen molar-refractivity contribution in [1.82, 2.24) is 9.97 Å². The van der Waals surface area contributed by atoms with Crippen LogP contribution in [0.5, 0.6) is 17.4 Å². The van der Waals surface area contributed by atoms with E-state index in [1.54, 1.807) is 30.6 Å². The van der Waals surface area contributed by atoms with Crippen LogP contribution in [0, 0.1) is 0 Å². The highest BCUT2D eigenvalue weighted by Crippen LogP contribution is 2.29. The van der Waals surface area contributed by atoms with E-state index in [1.807, 2.05) is 0 Å². The van der Waals surface area contributed by atoms with Crippen LogP contribution in [0.4, 0.5) is 0 Å². The second-order valence-corrected chi connectivity index (χ2v) is 4.41. The van der Waals surface area contributed by atoms with Gasteiger partial charge in [0.15, 0.2) is 0 Å². The second kappa shape index (κ2) is 4.64. The number of benzene rings is 1. The van der Waals surface area contributed by atoms with Crippen LogP contribution in [0.3, 0.4) is 0 Å². The molecule has 18 heavy (non-hydrogen) atoms. The Hall–Kier alpha value is -2.10. The van der Waals surface area contributed by atoms with Crippen molar-refractivity contribution in [2.75, 3.05) is 0 Å². The summed E-state index contributed by atoms with van der Waals surface area (Å²) < 4.78 is 5.77. The molecule has 0 saturated carbocycles. The number of hydrogen-bond acceptors (Lipinski definition) is 4. The molecule has 0 unspecified atom stereocenters. The average Bonchev–Trinajstić information content (AvgIpc) is 2.42. The quantitative estimate of drug-likeness (QED) is 0.879. The minimum atomic E-state index is 0.229. The number of rotatable bonds is 2. The van der Waals surface area contributed by atoms with Crippen molar-refractivity contribution in [2.45, 2.75) is 25.7 Å². The standard InChI is InChI=1S/C14H14N2O2/c17-10-5-7-11(8-6-10)18-14-12-3-1-2-4-13(12)15-9-16-14/h5-9,17H,1-4H2. The van der Waals surface area contributed by atoms with Gasteiger partial charge in [-0.2, -0.15) is 0 Å². The summed E-state index contributed by atoms with van der Waals surface area (Å²) in [6.45, 7) is 0. The SMILES string of the molecule is Oc1ccc(Oc2ncnc3c2CCCC3)cc1. The third-order valence-electron chi connectivity index (χ3n) is 3.14. The smallest absolute Gasteiger partial charge is 0.225 e. The summed E-state index contributed by atoms with van der Waals surface area (Å²) in [5.74, 6) is 1.55. The van der Waals surface area contributed by atoms with Gasteiger partial charge >= 0.3 is 0 Å². The van der Waals surface area contributed by atoms with Crippen LogP contribution in [0.1, 0.15) is 24.1 Å². The lowest BCUT2D eigenvalue weighted by Gasteiger charge is -2.17. The number of hydrogen-bond donors (Lipinski definition) is 1. The molecule has 0 amide bonds. The Morgan fingerprint density at radius 1 is 1.00 bits per heavy atom. The molecule has 0 atom stereocenters. The first-order valence-corrected chi connectivity index (χ1v) is 6.12. The minimum Gasteiger partial charge on any atom is -0.508 e. The van der Waals surface area contributed by atoms with Gasteiger partial charge in [-0.3, -0.25) is 0 Å². The summed E-state index contributed by atoms with van der Waals surface area (Å²) in [6, 6.07) is 6.66. The molecule has 2 aromatic rings. The molecule has 92 valence electrons.